The highest BCUT2D eigenvalue weighted by Crippen LogP contribution is 2.17. The summed E-state index contributed by atoms with van der Waals surface area (Å²) in [6.45, 7) is 4.21. The fraction of sp³-hybridized carbons (Fsp3) is 0.600. The van der Waals surface area contributed by atoms with E-state index in [4.69, 9.17) is 0 Å². The van der Waals surface area contributed by atoms with Gasteiger partial charge in [0.25, 0.3) is 0 Å². The van der Waals surface area contributed by atoms with Crippen molar-refractivity contribution >= 4 is 22.4 Å². The van der Waals surface area contributed by atoms with E-state index in [-0.39, 0.29) is 12.4 Å². The average Bonchev–Trinajstić information content (AvgIpc) is 2.65. The predicted molar refractivity (Wildman–Crippen MR) is 61.2 cm³/mol. The fourth-order valence-corrected chi connectivity index (χ4v) is 1.81. The minimum absolute atomic E-state index is 0.245. The Labute approximate surface area is 93.7 Å². The minimum atomic E-state index is -0.254. The van der Waals surface area contributed by atoms with Crippen LogP contribution in [0.5, 0.6) is 0 Å². The Kier molecular flexibility index (Phi) is 4.55. The maximum atomic E-state index is 11.0. The number of carbonyl (C=O) groups excluding carboxylic acids is 1. The molecule has 0 amide bonds. The first-order valence-electron chi connectivity index (χ1n) is 4.93. The highest BCUT2D eigenvalue weighted by molar-refractivity contribution is 7.13. The van der Waals surface area contributed by atoms with Crippen LogP contribution in [-0.2, 0) is 16.0 Å². The number of nitrogens with one attached hydrogen (secondary N) is 1. The van der Waals surface area contributed by atoms with Crippen molar-refractivity contribution in [1.29, 1.82) is 0 Å². The Morgan fingerprint density at radius 1 is 1.73 bits per heavy atom. The van der Waals surface area contributed by atoms with Crippen molar-refractivity contribution in [2.24, 2.45) is 0 Å². The van der Waals surface area contributed by atoms with Crippen LogP contribution < -0.4 is 5.32 Å². The Bertz CT molecular complexity index is 325. The summed E-state index contributed by atoms with van der Waals surface area (Å²) >= 11 is 1.52. The average molecular weight is 228 g/mol. The lowest BCUT2D eigenvalue weighted by Gasteiger charge is -2.08. The molecule has 84 valence electrons. The second kappa shape index (κ2) is 5.70. The summed E-state index contributed by atoms with van der Waals surface area (Å²) in [5.74, 6) is -0.254. The lowest BCUT2D eigenvalue weighted by atomic mass is 10.3. The zero-order valence-corrected chi connectivity index (χ0v) is 10.1. The quantitative estimate of drug-likeness (QED) is 0.784. The van der Waals surface area contributed by atoms with Gasteiger partial charge in [0.1, 0.15) is 0 Å². The Morgan fingerprint density at radius 3 is 3.07 bits per heavy atom. The molecule has 0 bridgehead atoms. The number of ether oxygens (including phenoxy) is 1. The maximum Gasteiger partial charge on any atom is 0.311 e. The van der Waals surface area contributed by atoms with Crippen molar-refractivity contribution < 1.29 is 9.53 Å². The third kappa shape index (κ3) is 3.87. The molecule has 1 rings (SSSR count). The molecular weight excluding hydrogens is 212 g/mol. The van der Waals surface area contributed by atoms with Crippen LogP contribution in [0.2, 0.25) is 0 Å². The molecule has 0 spiro atoms. The van der Waals surface area contributed by atoms with Gasteiger partial charge in [-0.05, 0) is 13.3 Å². The lowest BCUT2D eigenvalue weighted by Crippen LogP contribution is -2.13. The van der Waals surface area contributed by atoms with E-state index in [9.17, 15) is 4.79 Å². The number of nitrogens with zero attached hydrogens (tertiary/aromatic N) is 1. The molecule has 5 heteroatoms. The van der Waals surface area contributed by atoms with E-state index >= 15 is 0 Å². The predicted octanol–water partition coefficient (Wildman–Crippen LogP) is 2.07. The van der Waals surface area contributed by atoms with Crippen molar-refractivity contribution in [3.05, 3.63) is 11.1 Å². The Morgan fingerprint density at radius 2 is 2.47 bits per heavy atom. The molecule has 0 radical (unpaired) electrons. The summed E-state index contributed by atoms with van der Waals surface area (Å²) in [5, 5.41) is 6.00. The number of rotatable bonds is 5. The van der Waals surface area contributed by atoms with Crippen LogP contribution in [-0.4, -0.2) is 24.1 Å². The molecule has 1 heterocycles. The molecule has 0 aliphatic heterocycles. The third-order valence-corrected chi connectivity index (χ3v) is 2.91. The first kappa shape index (κ1) is 12.0. The van der Waals surface area contributed by atoms with Crippen LogP contribution in [0.4, 0.5) is 5.13 Å². The lowest BCUT2D eigenvalue weighted by molar-refractivity contribution is -0.139. The smallest absolute Gasteiger partial charge is 0.311 e. The number of thiazole rings is 1. The van der Waals surface area contributed by atoms with Gasteiger partial charge in [-0.25, -0.2) is 4.98 Å². The number of anilines is 1. The number of hydrogen-bond donors (Lipinski definition) is 1. The summed E-state index contributed by atoms with van der Waals surface area (Å²) in [6, 6.07) is 0.405. The van der Waals surface area contributed by atoms with Gasteiger partial charge >= 0.3 is 5.97 Å². The van der Waals surface area contributed by atoms with Crippen LogP contribution in [0.25, 0.3) is 0 Å². The van der Waals surface area contributed by atoms with Crippen LogP contribution in [0, 0.1) is 0 Å². The first-order chi connectivity index (χ1) is 7.15. The monoisotopic (exact) mass is 228 g/mol. The third-order valence-electron chi connectivity index (χ3n) is 2.09. The first-order valence-corrected chi connectivity index (χ1v) is 5.81. The number of hydrogen-bond acceptors (Lipinski definition) is 5. The van der Waals surface area contributed by atoms with E-state index in [1.165, 1.54) is 18.4 Å². The minimum Gasteiger partial charge on any atom is -0.469 e. The molecule has 0 saturated carbocycles. The molecule has 0 aromatic carbocycles. The van der Waals surface area contributed by atoms with E-state index < -0.39 is 0 Å². The van der Waals surface area contributed by atoms with Crippen molar-refractivity contribution in [3.8, 4) is 0 Å². The summed E-state index contributed by atoms with van der Waals surface area (Å²) in [6.07, 6.45) is 1.29. The van der Waals surface area contributed by atoms with Gasteiger partial charge in [-0.3, -0.25) is 4.79 Å². The molecule has 1 N–H and O–H groups in total. The summed E-state index contributed by atoms with van der Waals surface area (Å²) in [4.78, 5) is 15.3. The van der Waals surface area contributed by atoms with Gasteiger partial charge in [-0.1, -0.05) is 6.92 Å². The second-order valence-electron chi connectivity index (χ2n) is 3.35. The Balaban J connectivity index is 2.52. The molecule has 1 atom stereocenters. The van der Waals surface area contributed by atoms with E-state index in [0.717, 1.165) is 17.2 Å². The van der Waals surface area contributed by atoms with Crippen LogP contribution in [0.1, 0.15) is 26.0 Å². The number of carbonyl (C=O) groups is 1. The number of methoxy groups -OCH3 is 1. The SMILES string of the molecule is CCC(C)Nc1nc(CC(=O)OC)cs1. The van der Waals surface area contributed by atoms with Crippen LogP contribution in [0.15, 0.2) is 5.38 Å². The highest BCUT2D eigenvalue weighted by atomic mass is 32.1. The summed E-state index contributed by atoms with van der Waals surface area (Å²) in [7, 11) is 1.38. The largest absolute Gasteiger partial charge is 0.469 e. The zero-order valence-electron chi connectivity index (χ0n) is 9.24. The van der Waals surface area contributed by atoms with Crippen molar-refractivity contribution in [3.63, 3.8) is 0 Å². The van der Waals surface area contributed by atoms with Crippen molar-refractivity contribution in [2.45, 2.75) is 32.7 Å². The van der Waals surface area contributed by atoms with E-state index in [0.29, 0.717) is 6.04 Å². The van der Waals surface area contributed by atoms with Crippen molar-refractivity contribution in [2.75, 3.05) is 12.4 Å². The summed E-state index contributed by atoms with van der Waals surface area (Å²) < 4.78 is 4.57. The second-order valence-corrected chi connectivity index (χ2v) is 4.21. The van der Waals surface area contributed by atoms with E-state index in [2.05, 4.69) is 28.9 Å². The Hall–Kier alpha value is -1.10. The van der Waals surface area contributed by atoms with E-state index in [1.807, 2.05) is 5.38 Å². The van der Waals surface area contributed by atoms with Gasteiger partial charge in [0.05, 0.1) is 19.2 Å². The molecule has 0 saturated heterocycles. The topological polar surface area (TPSA) is 51.2 Å². The fourth-order valence-electron chi connectivity index (χ4n) is 0.987. The number of esters is 1. The highest BCUT2D eigenvalue weighted by Gasteiger charge is 2.08. The summed E-state index contributed by atoms with van der Waals surface area (Å²) in [5.41, 5.74) is 0.762. The molecule has 0 aliphatic carbocycles. The molecule has 4 nitrogen and oxygen atoms in total. The molecule has 0 aliphatic rings. The van der Waals surface area contributed by atoms with Gasteiger partial charge in [-0.2, -0.15) is 0 Å². The molecule has 1 aromatic rings. The maximum absolute atomic E-state index is 11.0. The zero-order chi connectivity index (χ0) is 11.3. The molecule has 0 fully saturated rings. The van der Waals surface area contributed by atoms with Crippen LogP contribution in [0.3, 0.4) is 0 Å². The molecule has 1 unspecified atom stereocenters. The van der Waals surface area contributed by atoms with Crippen LogP contribution >= 0.6 is 11.3 Å². The van der Waals surface area contributed by atoms with Crippen molar-refractivity contribution in [1.82, 2.24) is 4.98 Å². The number of aromatic nitrogens is 1. The van der Waals surface area contributed by atoms with Gasteiger partial charge in [0, 0.05) is 11.4 Å². The van der Waals surface area contributed by atoms with Gasteiger partial charge < -0.3 is 10.1 Å². The van der Waals surface area contributed by atoms with E-state index in [1.54, 1.807) is 0 Å². The van der Waals surface area contributed by atoms with Gasteiger partial charge in [0.15, 0.2) is 5.13 Å². The molecular formula is C10H16N2O2S. The standard InChI is InChI=1S/C10H16N2O2S/c1-4-7(2)11-10-12-8(6-15-10)5-9(13)14-3/h6-7H,4-5H2,1-3H3,(H,11,12). The molecule has 1 aromatic heterocycles. The normalized spacial score (nSPS) is 12.2. The van der Waals surface area contributed by atoms with Gasteiger partial charge in [0.2, 0.25) is 0 Å². The van der Waals surface area contributed by atoms with Gasteiger partial charge in [-0.15, -0.1) is 11.3 Å². The molecule has 15 heavy (non-hydrogen) atoms.